The third-order valence-electron chi connectivity index (χ3n) is 2.40. The van der Waals surface area contributed by atoms with Crippen LogP contribution < -0.4 is 5.32 Å². The summed E-state index contributed by atoms with van der Waals surface area (Å²) in [6.07, 6.45) is 0. The van der Waals surface area contributed by atoms with Crippen molar-refractivity contribution in [2.45, 2.75) is 40.7 Å². The van der Waals surface area contributed by atoms with E-state index in [0.717, 1.165) is 0 Å². The summed E-state index contributed by atoms with van der Waals surface area (Å²) < 4.78 is 1.68. The SMILES string of the molecule is Cc1nn(C(C)C)c(NCC(C)C)c1[N+](=O)[O-]. The molecule has 6 heteroatoms. The summed E-state index contributed by atoms with van der Waals surface area (Å²) in [5.41, 5.74) is 0.536. The van der Waals surface area contributed by atoms with Gasteiger partial charge in [0.25, 0.3) is 0 Å². The standard InChI is InChI=1S/C11H20N4O2/c1-7(2)6-12-11-10(15(16)17)9(5)13-14(11)8(3)4/h7-8,12H,6H2,1-5H3. The first kappa shape index (κ1) is 13.5. The van der Waals surface area contributed by atoms with Gasteiger partial charge >= 0.3 is 5.69 Å². The van der Waals surface area contributed by atoms with Gasteiger partial charge in [-0.25, -0.2) is 4.68 Å². The van der Waals surface area contributed by atoms with E-state index in [-0.39, 0.29) is 16.7 Å². The van der Waals surface area contributed by atoms with E-state index in [1.807, 2.05) is 13.8 Å². The Morgan fingerprint density at radius 2 is 2.00 bits per heavy atom. The van der Waals surface area contributed by atoms with Crippen molar-refractivity contribution in [2.24, 2.45) is 5.92 Å². The Labute approximate surface area is 101 Å². The van der Waals surface area contributed by atoms with Crippen molar-refractivity contribution in [1.29, 1.82) is 0 Å². The van der Waals surface area contributed by atoms with Crippen LogP contribution in [-0.2, 0) is 0 Å². The lowest BCUT2D eigenvalue weighted by atomic mass is 10.2. The van der Waals surface area contributed by atoms with Gasteiger partial charge in [0.1, 0.15) is 5.69 Å². The van der Waals surface area contributed by atoms with Crippen molar-refractivity contribution in [3.8, 4) is 0 Å². The highest BCUT2D eigenvalue weighted by atomic mass is 16.6. The minimum Gasteiger partial charge on any atom is -0.364 e. The third-order valence-corrected chi connectivity index (χ3v) is 2.40. The molecule has 96 valence electrons. The van der Waals surface area contributed by atoms with E-state index in [9.17, 15) is 10.1 Å². The van der Waals surface area contributed by atoms with Gasteiger partial charge in [-0.2, -0.15) is 5.10 Å². The van der Waals surface area contributed by atoms with Crippen molar-refractivity contribution < 1.29 is 4.92 Å². The molecule has 1 rings (SSSR count). The zero-order valence-electron chi connectivity index (χ0n) is 11.0. The van der Waals surface area contributed by atoms with Crippen LogP contribution in [0.15, 0.2) is 0 Å². The van der Waals surface area contributed by atoms with Crippen LogP contribution in [0.25, 0.3) is 0 Å². The summed E-state index contributed by atoms with van der Waals surface area (Å²) in [6, 6.07) is 0.0945. The van der Waals surface area contributed by atoms with Crippen molar-refractivity contribution >= 4 is 11.5 Å². The Hall–Kier alpha value is -1.59. The molecule has 1 heterocycles. The lowest BCUT2D eigenvalue weighted by Gasteiger charge is -2.13. The van der Waals surface area contributed by atoms with Crippen molar-refractivity contribution in [1.82, 2.24) is 9.78 Å². The van der Waals surface area contributed by atoms with E-state index in [2.05, 4.69) is 24.3 Å². The van der Waals surface area contributed by atoms with Crippen molar-refractivity contribution in [2.75, 3.05) is 11.9 Å². The van der Waals surface area contributed by atoms with Gasteiger partial charge in [0.15, 0.2) is 0 Å². The molecule has 6 nitrogen and oxygen atoms in total. The summed E-state index contributed by atoms with van der Waals surface area (Å²) in [4.78, 5) is 10.7. The quantitative estimate of drug-likeness (QED) is 0.634. The molecule has 0 aliphatic heterocycles. The van der Waals surface area contributed by atoms with Crippen LogP contribution in [-0.4, -0.2) is 21.2 Å². The van der Waals surface area contributed by atoms with Crippen LogP contribution >= 0.6 is 0 Å². The van der Waals surface area contributed by atoms with Gasteiger partial charge in [-0.1, -0.05) is 13.8 Å². The summed E-state index contributed by atoms with van der Waals surface area (Å²) >= 11 is 0. The molecular weight excluding hydrogens is 220 g/mol. The number of anilines is 1. The molecule has 0 fully saturated rings. The number of hydrogen-bond acceptors (Lipinski definition) is 4. The van der Waals surface area contributed by atoms with Gasteiger partial charge in [0.2, 0.25) is 5.82 Å². The average molecular weight is 240 g/mol. The maximum absolute atomic E-state index is 11.0. The Morgan fingerprint density at radius 3 is 2.41 bits per heavy atom. The Bertz CT molecular complexity index is 410. The molecule has 0 saturated heterocycles. The summed E-state index contributed by atoms with van der Waals surface area (Å²) in [5.74, 6) is 0.932. The largest absolute Gasteiger partial charge is 0.364 e. The minimum atomic E-state index is -0.371. The summed E-state index contributed by atoms with van der Waals surface area (Å²) in [5, 5.41) is 18.4. The van der Waals surface area contributed by atoms with Crippen molar-refractivity contribution in [3.05, 3.63) is 15.8 Å². The smallest absolute Gasteiger partial charge is 0.333 e. The molecule has 0 radical (unpaired) electrons. The maximum Gasteiger partial charge on any atom is 0.333 e. The van der Waals surface area contributed by atoms with E-state index in [1.165, 1.54) is 0 Å². The molecule has 0 aromatic carbocycles. The number of rotatable bonds is 5. The second kappa shape index (κ2) is 5.16. The van der Waals surface area contributed by atoms with Gasteiger partial charge in [-0.05, 0) is 26.7 Å². The molecule has 17 heavy (non-hydrogen) atoms. The number of nitrogens with zero attached hydrogens (tertiary/aromatic N) is 3. The van der Waals surface area contributed by atoms with Crippen LogP contribution in [0.3, 0.4) is 0 Å². The first-order chi connectivity index (χ1) is 7.84. The molecule has 1 aromatic rings. The van der Waals surface area contributed by atoms with Crippen LogP contribution in [0.1, 0.15) is 39.4 Å². The highest BCUT2D eigenvalue weighted by Gasteiger charge is 2.26. The van der Waals surface area contributed by atoms with Crippen molar-refractivity contribution in [3.63, 3.8) is 0 Å². The lowest BCUT2D eigenvalue weighted by molar-refractivity contribution is -0.384. The first-order valence-electron chi connectivity index (χ1n) is 5.82. The van der Waals surface area contributed by atoms with Crippen LogP contribution in [0.5, 0.6) is 0 Å². The van der Waals surface area contributed by atoms with E-state index < -0.39 is 0 Å². The number of nitro groups is 1. The fraction of sp³-hybridized carbons (Fsp3) is 0.727. The molecule has 0 spiro atoms. The number of aromatic nitrogens is 2. The second-order valence-corrected chi connectivity index (χ2v) is 4.85. The molecule has 0 aliphatic carbocycles. The van der Waals surface area contributed by atoms with E-state index >= 15 is 0 Å². The maximum atomic E-state index is 11.0. The molecule has 0 bridgehead atoms. The predicted octanol–water partition coefficient (Wildman–Crippen LogP) is 2.75. The predicted molar refractivity (Wildman–Crippen MR) is 67.3 cm³/mol. The molecule has 0 unspecified atom stereocenters. The highest BCUT2D eigenvalue weighted by Crippen LogP contribution is 2.30. The Kier molecular flexibility index (Phi) is 4.09. The lowest BCUT2D eigenvalue weighted by Crippen LogP contribution is -2.14. The van der Waals surface area contributed by atoms with Gasteiger partial charge in [0.05, 0.1) is 4.92 Å². The fourth-order valence-electron chi connectivity index (χ4n) is 1.60. The van der Waals surface area contributed by atoms with Gasteiger partial charge in [-0.15, -0.1) is 0 Å². The minimum absolute atomic E-state index is 0.0827. The molecule has 1 aromatic heterocycles. The number of aryl methyl sites for hydroxylation is 1. The molecular formula is C11H20N4O2. The van der Waals surface area contributed by atoms with E-state index in [4.69, 9.17) is 0 Å². The zero-order chi connectivity index (χ0) is 13.2. The monoisotopic (exact) mass is 240 g/mol. The Morgan fingerprint density at radius 1 is 1.41 bits per heavy atom. The molecule has 1 N–H and O–H groups in total. The molecule has 0 saturated carbocycles. The first-order valence-corrected chi connectivity index (χ1v) is 5.82. The van der Waals surface area contributed by atoms with Crippen LogP contribution in [0.4, 0.5) is 11.5 Å². The Balaban J connectivity index is 3.16. The van der Waals surface area contributed by atoms with E-state index in [0.29, 0.717) is 24.0 Å². The normalized spacial score (nSPS) is 11.2. The average Bonchev–Trinajstić information content (AvgIpc) is 2.52. The second-order valence-electron chi connectivity index (χ2n) is 4.85. The molecule has 0 atom stereocenters. The van der Waals surface area contributed by atoms with Crippen LogP contribution in [0.2, 0.25) is 0 Å². The summed E-state index contributed by atoms with van der Waals surface area (Å²) in [6.45, 7) is 10.4. The van der Waals surface area contributed by atoms with E-state index in [1.54, 1.807) is 11.6 Å². The van der Waals surface area contributed by atoms with Gasteiger partial charge < -0.3 is 5.32 Å². The molecule has 0 amide bonds. The number of hydrogen-bond donors (Lipinski definition) is 1. The van der Waals surface area contributed by atoms with Crippen LogP contribution in [0, 0.1) is 23.0 Å². The fourth-order valence-corrected chi connectivity index (χ4v) is 1.60. The number of nitrogens with one attached hydrogen (secondary N) is 1. The highest BCUT2D eigenvalue weighted by molar-refractivity contribution is 5.59. The van der Waals surface area contributed by atoms with Gasteiger partial charge in [0, 0.05) is 12.6 Å². The topological polar surface area (TPSA) is 73.0 Å². The van der Waals surface area contributed by atoms with Gasteiger partial charge in [-0.3, -0.25) is 10.1 Å². The zero-order valence-corrected chi connectivity index (χ0v) is 11.0. The molecule has 0 aliphatic rings. The summed E-state index contributed by atoms with van der Waals surface area (Å²) in [7, 11) is 0. The third kappa shape index (κ3) is 2.95.